The minimum atomic E-state index is -1.02. The number of hydrogen-bond donors (Lipinski definition) is 1. The van der Waals surface area contributed by atoms with Crippen molar-refractivity contribution in [1.82, 2.24) is 4.90 Å². The maximum Gasteiger partial charge on any atom is 0.305 e. The predicted molar refractivity (Wildman–Crippen MR) is 100 cm³/mol. The Labute approximate surface area is 164 Å². The third-order valence-electron chi connectivity index (χ3n) is 6.15. The first-order chi connectivity index (χ1) is 13.0. The van der Waals surface area contributed by atoms with Gasteiger partial charge in [0.15, 0.2) is 0 Å². The van der Waals surface area contributed by atoms with Crippen LogP contribution in [0.15, 0.2) is 48.5 Å². The van der Waals surface area contributed by atoms with E-state index in [0.717, 1.165) is 27.2 Å². The van der Waals surface area contributed by atoms with Crippen molar-refractivity contribution in [3.63, 3.8) is 0 Å². The molecule has 1 saturated heterocycles. The van der Waals surface area contributed by atoms with E-state index in [1.807, 2.05) is 48.5 Å². The molecule has 0 radical (unpaired) electrons. The van der Waals surface area contributed by atoms with E-state index < -0.39 is 22.1 Å². The van der Waals surface area contributed by atoms with Crippen LogP contribution in [-0.2, 0) is 18.7 Å². The second kappa shape index (κ2) is 5.52. The summed E-state index contributed by atoms with van der Waals surface area (Å²) in [5.41, 5.74) is 4.18. The van der Waals surface area contributed by atoms with Crippen molar-refractivity contribution in [2.75, 3.05) is 6.54 Å². The smallest absolute Gasteiger partial charge is 0.305 e. The van der Waals surface area contributed by atoms with Gasteiger partial charge in [0.05, 0.1) is 22.6 Å². The van der Waals surface area contributed by atoms with Crippen molar-refractivity contribution >= 4 is 33.7 Å². The second-order valence-electron chi connectivity index (χ2n) is 7.34. The number of amides is 2. The summed E-state index contributed by atoms with van der Waals surface area (Å²) in [5, 5.41) is 9.00. The standard InChI is InChI=1S/C21H16BrNO4/c22-21-13-7-3-1-5-11(13)16(12-6-2-4-8-14(12)21)17-18(21)20(27)23(19(17)26)10-9-15(24)25/h1-8,16-18H,9-10H2,(H,24,25)/t16?,17-,18+,21?/m1/s1. The highest BCUT2D eigenvalue weighted by Crippen LogP contribution is 2.66. The lowest BCUT2D eigenvalue weighted by atomic mass is 9.55. The van der Waals surface area contributed by atoms with Gasteiger partial charge in [-0.3, -0.25) is 19.3 Å². The van der Waals surface area contributed by atoms with Gasteiger partial charge in [0.1, 0.15) is 0 Å². The number of alkyl halides is 1. The molecule has 1 aliphatic heterocycles. The summed E-state index contributed by atoms with van der Waals surface area (Å²) in [5.74, 6) is -2.81. The van der Waals surface area contributed by atoms with Gasteiger partial charge in [0.2, 0.25) is 11.8 Å². The molecule has 0 spiro atoms. The van der Waals surface area contributed by atoms with Gasteiger partial charge >= 0.3 is 5.97 Å². The topological polar surface area (TPSA) is 74.7 Å². The molecule has 6 heteroatoms. The molecule has 3 aliphatic carbocycles. The molecule has 0 aromatic heterocycles. The highest BCUT2D eigenvalue weighted by Gasteiger charge is 2.67. The highest BCUT2D eigenvalue weighted by atomic mass is 79.9. The third kappa shape index (κ3) is 1.96. The zero-order valence-corrected chi connectivity index (χ0v) is 15.8. The summed E-state index contributed by atoms with van der Waals surface area (Å²) in [4.78, 5) is 38.6. The lowest BCUT2D eigenvalue weighted by Crippen LogP contribution is -2.50. The fourth-order valence-electron chi connectivity index (χ4n) is 5.17. The number of aliphatic carboxylic acids is 1. The maximum atomic E-state index is 13.3. The molecule has 2 bridgehead atoms. The molecule has 2 aromatic rings. The normalized spacial score (nSPS) is 30.1. The molecule has 2 atom stereocenters. The van der Waals surface area contributed by atoms with Gasteiger partial charge in [-0.25, -0.2) is 0 Å². The zero-order chi connectivity index (χ0) is 18.9. The van der Waals surface area contributed by atoms with Gasteiger partial charge in [0, 0.05) is 12.5 Å². The lowest BCUT2D eigenvalue weighted by Gasteiger charge is -2.51. The number of benzene rings is 2. The quantitative estimate of drug-likeness (QED) is 0.605. The van der Waals surface area contributed by atoms with Crippen LogP contribution >= 0.6 is 15.9 Å². The number of imide groups is 1. The summed E-state index contributed by atoms with van der Waals surface area (Å²) < 4.78 is -0.773. The molecular weight excluding hydrogens is 410 g/mol. The minimum absolute atomic E-state index is 0.0809. The molecule has 0 saturated carbocycles. The van der Waals surface area contributed by atoms with E-state index in [1.165, 1.54) is 0 Å². The number of likely N-dealkylation sites (tertiary alicyclic amines) is 1. The van der Waals surface area contributed by atoms with E-state index in [2.05, 4.69) is 15.9 Å². The van der Waals surface area contributed by atoms with E-state index in [9.17, 15) is 14.4 Å². The van der Waals surface area contributed by atoms with Crippen molar-refractivity contribution in [2.24, 2.45) is 11.8 Å². The molecule has 5 nitrogen and oxygen atoms in total. The van der Waals surface area contributed by atoms with E-state index in [0.29, 0.717) is 0 Å². The van der Waals surface area contributed by atoms with E-state index in [4.69, 9.17) is 5.11 Å². The summed E-state index contributed by atoms with van der Waals surface area (Å²) in [6.07, 6.45) is -0.239. The minimum Gasteiger partial charge on any atom is -0.481 e. The first kappa shape index (κ1) is 16.7. The van der Waals surface area contributed by atoms with Crippen LogP contribution in [0, 0.1) is 11.8 Å². The first-order valence-corrected chi connectivity index (χ1v) is 9.70. The molecule has 0 unspecified atom stereocenters. The molecule has 1 heterocycles. The SMILES string of the molecule is O=C(O)CCN1C(=O)[C@@H]2C3c4ccccc4C(Br)(c4ccccc43)[C@@H]2C1=O. The Morgan fingerprint density at radius 3 is 2.11 bits per heavy atom. The van der Waals surface area contributed by atoms with Crippen LogP contribution in [0.25, 0.3) is 0 Å². The molecule has 1 N–H and O–H groups in total. The number of carbonyl (C=O) groups is 3. The number of carboxylic acid groups (broad SMARTS) is 1. The van der Waals surface area contributed by atoms with Gasteiger partial charge < -0.3 is 5.11 Å². The number of nitrogens with zero attached hydrogens (tertiary/aromatic N) is 1. The monoisotopic (exact) mass is 425 g/mol. The fraction of sp³-hybridized carbons (Fsp3) is 0.286. The van der Waals surface area contributed by atoms with E-state index in [1.54, 1.807) is 0 Å². The van der Waals surface area contributed by atoms with E-state index >= 15 is 0 Å². The average molecular weight is 426 g/mol. The average Bonchev–Trinajstić information content (AvgIpc) is 2.92. The summed E-state index contributed by atoms with van der Waals surface area (Å²) in [6, 6.07) is 15.9. The van der Waals surface area contributed by atoms with Gasteiger partial charge in [-0.1, -0.05) is 64.5 Å². The van der Waals surface area contributed by atoms with Crippen LogP contribution in [0.2, 0.25) is 0 Å². The Balaban J connectivity index is 1.73. The summed E-state index contributed by atoms with van der Waals surface area (Å²) >= 11 is 3.90. The lowest BCUT2D eigenvalue weighted by molar-refractivity contribution is -0.142. The number of carboxylic acids is 1. The highest BCUT2D eigenvalue weighted by molar-refractivity contribution is 9.09. The zero-order valence-electron chi connectivity index (χ0n) is 14.3. The maximum absolute atomic E-state index is 13.3. The number of halogens is 1. The fourth-order valence-corrected chi connectivity index (χ4v) is 6.37. The van der Waals surface area contributed by atoms with Crippen molar-refractivity contribution < 1.29 is 19.5 Å². The number of rotatable bonds is 3. The number of hydrogen-bond acceptors (Lipinski definition) is 3. The molecule has 4 aliphatic rings. The Bertz CT molecular complexity index is 969. The third-order valence-corrected chi connectivity index (χ3v) is 7.50. The van der Waals surface area contributed by atoms with Crippen LogP contribution in [0.5, 0.6) is 0 Å². The molecule has 6 rings (SSSR count). The molecule has 2 amide bonds. The Hall–Kier alpha value is -2.47. The van der Waals surface area contributed by atoms with Crippen molar-refractivity contribution in [3.05, 3.63) is 70.8 Å². The second-order valence-corrected chi connectivity index (χ2v) is 8.59. The summed E-state index contributed by atoms with van der Waals surface area (Å²) in [6.45, 7) is -0.0809. The van der Waals surface area contributed by atoms with Crippen molar-refractivity contribution in [1.29, 1.82) is 0 Å². The largest absolute Gasteiger partial charge is 0.481 e. The molecule has 2 aromatic carbocycles. The van der Waals surface area contributed by atoms with Crippen LogP contribution in [0.4, 0.5) is 0 Å². The Morgan fingerprint density at radius 1 is 1.00 bits per heavy atom. The van der Waals surface area contributed by atoms with Gasteiger partial charge in [-0.05, 0) is 22.3 Å². The molecular formula is C21H16BrNO4. The van der Waals surface area contributed by atoms with Crippen molar-refractivity contribution in [2.45, 2.75) is 16.7 Å². The van der Waals surface area contributed by atoms with Crippen LogP contribution in [0.3, 0.4) is 0 Å². The van der Waals surface area contributed by atoms with Gasteiger partial charge in [-0.2, -0.15) is 0 Å². The summed E-state index contributed by atoms with van der Waals surface area (Å²) in [7, 11) is 0. The number of carbonyl (C=O) groups excluding carboxylic acids is 2. The Kier molecular flexibility index (Phi) is 3.41. The van der Waals surface area contributed by atoms with Crippen LogP contribution in [0.1, 0.15) is 34.6 Å². The van der Waals surface area contributed by atoms with Crippen molar-refractivity contribution in [3.8, 4) is 0 Å². The van der Waals surface area contributed by atoms with E-state index in [-0.39, 0.29) is 30.7 Å². The molecule has 136 valence electrons. The molecule has 27 heavy (non-hydrogen) atoms. The van der Waals surface area contributed by atoms with Crippen LogP contribution in [-0.4, -0.2) is 34.3 Å². The predicted octanol–water partition coefficient (Wildman–Crippen LogP) is 2.86. The molecule has 1 fully saturated rings. The Morgan fingerprint density at radius 2 is 1.56 bits per heavy atom. The van der Waals surface area contributed by atoms with Gasteiger partial charge in [-0.15, -0.1) is 0 Å². The van der Waals surface area contributed by atoms with Gasteiger partial charge in [0.25, 0.3) is 0 Å². The van der Waals surface area contributed by atoms with Crippen LogP contribution < -0.4 is 0 Å². The first-order valence-electron chi connectivity index (χ1n) is 8.91.